The number of thioether (sulfide) groups is 1. The van der Waals surface area contributed by atoms with Crippen LogP contribution in [-0.2, 0) is 13.2 Å². The molecule has 2 aliphatic rings. The monoisotopic (exact) mass is 531 g/mol. The van der Waals surface area contributed by atoms with Gasteiger partial charge in [0.05, 0.1) is 5.56 Å². The molecule has 4 heterocycles. The zero-order valence-electron chi connectivity index (χ0n) is 20.4. The quantitative estimate of drug-likeness (QED) is 0.350. The van der Waals surface area contributed by atoms with Crippen LogP contribution in [0.15, 0.2) is 47.8 Å². The molecule has 8 nitrogen and oxygen atoms in total. The van der Waals surface area contributed by atoms with Gasteiger partial charge in [0.25, 0.3) is 5.91 Å². The largest absolute Gasteiger partial charge is 0.416 e. The van der Waals surface area contributed by atoms with Gasteiger partial charge < -0.3 is 20.1 Å². The van der Waals surface area contributed by atoms with E-state index >= 15 is 0 Å². The van der Waals surface area contributed by atoms with Gasteiger partial charge in [0.1, 0.15) is 5.69 Å². The number of amides is 1. The van der Waals surface area contributed by atoms with Crippen molar-refractivity contribution >= 4 is 23.4 Å². The molecule has 0 bridgehead atoms. The number of nitrogens with zero attached hydrogens (tertiary/aromatic N) is 6. The molecular formula is C25H28F3N7OS. The van der Waals surface area contributed by atoms with Gasteiger partial charge in [-0.3, -0.25) is 9.78 Å². The number of anilines is 1. The fourth-order valence-electron chi connectivity index (χ4n) is 5.21. The SMILES string of the molecule is Cn1c(SCCCN2CC3CCN(c4ccc(C(F)(F)F)cc4)C3C2)nnc1-c1ccc(C(N)=O)nc1. The van der Waals surface area contributed by atoms with Crippen LogP contribution in [0.1, 0.15) is 28.9 Å². The summed E-state index contributed by atoms with van der Waals surface area (Å²) >= 11 is 1.64. The number of benzene rings is 1. The highest BCUT2D eigenvalue weighted by Crippen LogP contribution is 2.37. The Morgan fingerprint density at radius 2 is 1.92 bits per heavy atom. The highest BCUT2D eigenvalue weighted by Gasteiger charge is 2.41. The van der Waals surface area contributed by atoms with Crippen LogP contribution in [-0.4, -0.2) is 68.5 Å². The second-order valence-electron chi connectivity index (χ2n) is 9.48. The van der Waals surface area contributed by atoms with Gasteiger partial charge in [0.15, 0.2) is 11.0 Å². The Balaban J connectivity index is 1.11. The number of carbonyl (C=O) groups is 1. The molecule has 0 saturated carbocycles. The number of fused-ring (bicyclic) bond motifs is 1. The predicted octanol–water partition coefficient (Wildman–Crippen LogP) is 3.69. The highest BCUT2D eigenvalue weighted by atomic mass is 32.2. The highest BCUT2D eigenvalue weighted by molar-refractivity contribution is 7.99. The molecule has 2 atom stereocenters. The van der Waals surface area contributed by atoms with E-state index in [0.29, 0.717) is 17.8 Å². The van der Waals surface area contributed by atoms with Crippen LogP contribution >= 0.6 is 11.8 Å². The third-order valence-electron chi connectivity index (χ3n) is 7.11. The maximum atomic E-state index is 12.9. The van der Waals surface area contributed by atoms with Crippen LogP contribution in [0.25, 0.3) is 11.4 Å². The van der Waals surface area contributed by atoms with E-state index < -0.39 is 17.6 Å². The van der Waals surface area contributed by atoms with E-state index in [-0.39, 0.29) is 5.69 Å². The van der Waals surface area contributed by atoms with Crippen LogP contribution < -0.4 is 10.6 Å². The molecule has 2 unspecified atom stereocenters. The van der Waals surface area contributed by atoms with E-state index in [1.54, 1.807) is 42.2 Å². The second kappa shape index (κ2) is 10.3. The molecule has 2 saturated heterocycles. The molecule has 5 rings (SSSR count). The molecule has 37 heavy (non-hydrogen) atoms. The van der Waals surface area contributed by atoms with Gasteiger partial charge in [-0.05, 0) is 61.7 Å². The van der Waals surface area contributed by atoms with Crippen molar-refractivity contribution < 1.29 is 18.0 Å². The number of carbonyl (C=O) groups excluding carboxylic acids is 1. The summed E-state index contributed by atoms with van der Waals surface area (Å²) in [5, 5.41) is 9.37. The summed E-state index contributed by atoms with van der Waals surface area (Å²) in [6, 6.07) is 9.23. The molecule has 2 fully saturated rings. The summed E-state index contributed by atoms with van der Waals surface area (Å²) in [4.78, 5) is 20.0. The smallest absolute Gasteiger partial charge is 0.367 e. The number of likely N-dealkylation sites (tertiary alicyclic amines) is 1. The van der Waals surface area contributed by atoms with Crippen molar-refractivity contribution in [2.24, 2.45) is 18.7 Å². The molecule has 2 aliphatic heterocycles. The Kier molecular flexibility index (Phi) is 7.13. The minimum Gasteiger partial charge on any atom is -0.367 e. The summed E-state index contributed by atoms with van der Waals surface area (Å²) in [5.41, 5.74) is 6.47. The third kappa shape index (κ3) is 5.45. The fraction of sp³-hybridized carbons (Fsp3) is 0.440. The van der Waals surface area contributed by atoms with Gasteiger partial charge in [0.2, 0.25) is 0 Å². The lowest BCUT2D eigenvalue weighted by molar-refractivity contribution is -0.137. The Labute approximate surface area is 217 Å². The number of aromatic nitrogens is 4. The maximum absolute atomic E-state index is 12.9. The summed E-state index contributed by atoms with van der Waals surface area (Å²) in [7, 11) is 1.90. The van der Waals surface area contributed by atoms with Gasteiger partial charge in [-0.1, -0.05) is 11.8 Å². The average Bonchev–Trinajstić information content (AvgIpc) is 3.56. The topological polar surface area (TPSA) is 93.2 Å². The zero-order chi connectivity index (χ0) is 26.2. The molecule has 1 aromatic carbocycles. The van der Waals surface area contributed by atoms with E-state index in [9.17, 15) is 18.0 Å². The van der Waals surface area contributed by atoms with Gasteiger partial charge in [-0.25, -0.2) is 0 Å². The summed E-state index contributed by atoms with van der Waals surface area (Å²) in [5.74, 6) is 1.53. The maximum Gasteiger partial charge on any atom is 0.416 e. The normalized spacial score (nSPS) is 19.9. The first-order chi connectivity index (χ1) is 17.7. The van der Waals surface area contributed by atoms with Crippen molar-refractivity contribution in [2.75, 3.05) is 36.8 Å². The van der Waals surface area contributed by atoms with Crippen molar-refractivity contribution in [2.45, 2.75) is 30.2 Å². The first kappa shape index (κ1) is 25.5. The van der Waals surface area contributed by atoms with Gasteiger partial charge in [-0.2, -0.15) is 13.2 Å². The Morgan fingerprint density at radius 1 is 1.14 bits per heavy atom. The van der Waals surface area contributed by atoms with Crippen molar-refractivity contribution in [3.8, 4) is 11.4 Å². The molecule has 3 aromatic rings. The number of halogens is 3. The third-order valence-corrected chi connectivity index (χ3v) is 8.21. The van der Waals surface area contributed by atoms with Gasteiger partial charge in [-0.15, -0.1) is 10.2 Å². The van der Waals surface area contributed by atoms with Gasteiger partial charge >= 0.3 is 6.18 Å². The number of nitrogens with two attached hydrogens (primary N) is 1. The zero-order valence-corrected chi connectivity index (χ0v) is 21.2. The number of hydrogen-bond acceptors (Lipinski definition) is 7. The second-order valence-corrected chi connectivity index (χ2v) is 10.5. The molecule has 2 aromatic heterocycles. The molecule has 2 N–H and O–H groups in total. The average molecular weight is 532 g/mol. The first-order valence-electron chi connectivity index (χ1n) is 12.2. The Bertz CT molecular complexity index is 1250. The summed E-state index contributed by atoms with van der Waals surface area (Å²) in [6.45, 7) is 3.80. The minimum atomic E-state index is -4.31. The minimum absolute atomic E-state index is 0.203. The number of pyridine rings is 1. The number of primary amides is 1. The summed E-state index contributed by atoms with van der Waals surface area (Å²) < 4.78 is 40.6. The standard InChI is InChI=1S/C25H28F3N7OS/c1-33-23(16-3-8-20(22(29)36)30-13-16)31-32-24(33)37-12-2-10-34-14-17-9-11-35(21(17)15-34)19-6-4-18(5-7-19)25(26,27)28/h3-8,13,17,21H,2,9-12,14-15H2,1H3,(H2,29,36). The van der Waals surface area contributed by atoms with E-state index in [2.05, 4.69) is 25.0 Å². The molecule has 0 radical (unpaired) electrons. The van der Waals surface area contributed by atoms with Crippen LogP contribution in [0.4, 0.5) is 18.9 Å². The van der Waals surface area contributed by atoms with E-state index in [1.807, 2.05) is 11.6 Å². The van der Waals surface area contributed by atoms with Crippen molar-refractivity contribution in [1.82, 2.24) is 24.6 Å². The number of alkyl halides is 3. The first-order valence-corrected chi connectivity index (χ1v) is 13.1. The van der Waals surface area contributed by atoms with E-state index in [4.69, 9.17) is 5.73 Å². The van der Waals surface area contributed by atoms with Crippen molar-refractivity contribution in [3.63, 3.8) is 0 Å². The molecule has 196 valence electrons. The lowest BCUT2D eigenvalue weighted by atomic mass is 10.0. The molecule has 1 amide bonds. The Morgan fingerprint density at radius 3 is 2.59 bits per heavy atom. The van der Waals surface area contributed by atoms with Gasteiger partial charge in [0, 0.05) is 55.9 Å². The number of hydrogen-bond donors (Lipinski definition) is 1. The summed E-state index contributed by atoms with van der Waals surface area (Å²) in [6.07, 6.45) is -0.693. The van der Waals surface area contributed by atoms with Crippen LogP contribution in [0.3, 0.4) is 0 Å². The van der Waals surface area contributed by atoms with E-state index in [1.165, 1.54) is 12.1 Å². The van der Waals surface area contributed by atoms with Crippen LogP contribution in [0, 0.1) is 5.92 Å². The lowest BCUT2D eigenvalue weighted by Gasteiger charge is -2.27. The molecule has 0 spiro atoms. The lowest BCUT2D eigenvalue weighted by Crippen LogP contribution is -2.35. The van der Waals surface area contributed by atoms with Crippen molar-refractivity contribution in [1.29, 1.82) is 0 Å². The fourth-order valence-corrected chi connectivity index (χ4v) is 6.04. The molecular weight excluding hydrogens is 503 g/mol. The van der Waals surface area contributed by atoms with E-state index in [0.717, 1.165) is 61.2 Å². The van der Waals surface area contributed by atoms with Crippen LogP contribution in [0.5, 0.6) is 0 Å². The van der Waals surface area contributed by atoms with Crippen LogP contribution in [0.2, 0.25) is 0 Å². The predicted molar refractivity (Wildman–Crippen MR) is 135 cm³/mol. The molecule has 12 heteroatoms. The Hall–Kier alpha value is -3.12. The molecule has 0 aliphatic carbocycles. The van der Waals surface area contributed by atoms with Crippen molar-refractivity contribution in [3.05, 3.63) is 53.9 Å². The number of rotatable bonds is 8.